The van der Waals surface area contributed by atoms with Gasteiger partial charge in [0.25, 0.3) is 5.91 Å². The number of hydrogen-bond donors (Lipinski definition) is 2. The molecule has 0 aliphatic heterocycles. The molecule has 0 spiro atoms. The second-order valence-electron chi connectivity index (χ2n) is 7.23. The zero-order valence-corrected chi connectivity index (χ0v) is 17.6. The summed E-state index contributed by atoms with van der Waals surface area (Å²) in [5.41, 5.74) is 0.401. The van der Waals surface area contributed by atoms with E-state index in [2.05, 4.69) is 15.8 Å². The third-order valence-electron chi connectivity index (χ3n) is 4.07. The Morgan fingerprint density at radius 2 is 1.86 bits per heavy atom. The van der Waals surface area contributed by atoms with E-state index in [1.807, 2.05) is 13.8 Å². The molecule has 0 saturated carbocycles. The van der Waals surface area contributed by atoms with Crippen molar-refractivity contribution in [3.63, 3.8) is 0 Å². The lowest BCUT2D eigenvalue weighted by Gasteiger charge is -2.25. The number of benzene rings is 1. The molecule has 0 fully saturated rings. The maximum absolute atomic E-state index is 12.9. The van der Waals surface area contributed by atoms with Crippen molar-refractivity contribution in [3.05, 3.63) is 46.7 Å². The van der Waals surface area contributed by atoms with Crippen molar-refractivity contribution in [1.29, 1.82) is 0 Å². The summed E-state index contributed by atoms with van der Waals surface area (Å²) in [5, 5.41) is 9.52. The van der Waals surface area contributed by atoms with Crippen LogP contribution in [0.15, 0.2) is 34.9 Å². The van der Waals surface area contributed by atoms with Crippen LogP contribution in [0.3, 0.4) is 0 Å². The Morgan fingerprint density at radius 3 is 2.41 bits per heavy atom. The first-order valence-corrected chi connectivity index (χ1v) is 9.58. The molecule has 1 unspecified atom stereocenters. The quantitative estimate of drug-likeness (QED) is 0.683. The number of nitrogens with one attached hydrogen (secondary N) is 2. The van der Waals surface area contributed by atoms with E-state index in [0.29, 0.717) is 22.8 Å². The van der Waals surface area contributed by atoms with Crippen molar-refractivity contribution in [1.82, 2.24) is 15.4 Å². The zero-order valence-electron chi connectivity index (χ0n) is 16.9. The van der Waals surface area contributed by atoms with Crippen molar-refractivity contribution >= 4 is 35.1 Å². The monoisotopic (exact) mass is 420 g/mol. The molecule has 29 heavy (non-hydrogen) atoms. The summed E-state index contributed by atoms with van der Waals surface area (Å²) in [7, 11) is 1.51. The molecule has 1 heterocycles. The molecule has 2 rings (SSSR count). The van der Waals surface area contributed by atoms with E-state index < -0.39 is 11.9 Å². The summed E-state index contributed by atoms with van der Waals surface area (Å²) >= 11 is 5.85. The van der Waals surface area contributed by atoms with Gasteiger partial charge in [-0.1, -0.05) is 30.6 Å². The number of anilines is 1. The van der Waals surface area contributed by atoms with Gasteiger partial charge in [-0.3, -0.25) is 14.4 Å². The van der Waals surface area contributed by atoms with E-state index >= 15 is 0 Å². The predicted molar refractivity (Wildman–Crippen MR) is 110 cm³/mol. The maximum Gasteiger partial charge on any atom is 0.251 e. The van der Waals surface area contributed by atoms with Crippen LogP contribution in [0.2, 0.25) is 5.02 Å². The van der Waals surface area contributed by atoms with Crippen LogP contribution in [0.25, 0.3) is 0 Å². The van der Waals surface area contributed by atoms with Crippen molar-refractivity contribution in [2.75, 3.05) is 18.9 Å². The van der Waals surface area contributed by atoms with Gasteiger partial charge < -0.3 is 20.1 Å². The topological polar surface area (TPSA) is 105 Å². The number of carbonyl (C=O) groups is 3. The van der Waals surface area contributed by atoms with Crippen LogP contribution in [0.5, 0.6) is 0 Å². The van der Waals surface area contributed by atoms with Gasteiger partial charge in [0.1, 0.15) is 11.8 Å². The Labute approximate surface area is 174 Å². The highest BCUT2D eigenvalue weighted by atomic mass is 35.5. The van der Waals surface area contributed by atoms with Gasteiger partial charge in [-0.05, 0) is 43.5 Å². The lowest BCUT2D eigenvalue weighted by Crippen LogP contribution is -2.49. The summed E-state index contributed by atoms with van der Waals surface area (Å²) in [4.78, 5) is 38.8. The lowest BCUT2D eigenvalue weighted by molar-refractivity contribution is -0.135. The van der Waals surface area contributed by atoms with Crippen LogP contribution in [0, 0.1) is 12.8 Å². The summed E-state index contributed by atoms with van der Waals surface area (Å²) in [6, 6.07) is 7.21. The van der Waals surface area contributed by atoms with Gasteiger partial charge in [-0.2, -0.15) is 0 Å². The third-order valence-corrected chi connectivity index (χ3v) is 4.32. The minimum Gasteiger partial charge on any atom is -0.360 e. The molecule has 0 aliphatic carbocycles. The molecule has 0 saturated heterocycles. The van der Waals surface area contributed by atoms with Crippen molar-refractivity contribution in [3.8, 4) is 0 Å². The second-order valence-corrected chi connectivity index (χ2v) is 7.66. The highest BCUT2D eigenvalue weighted by Crippen LogP contribution is 2.12. The Kier molecular flexibility index (Phi) is 7.78. The maximum atomic E-state index is 12.9. The van der Waals surface area contributed by atoms with Gasteiger partial charge in [-0.15, -0.1) is 0 Å². The second kappa shape index (κ2) is 10.1. The highest BCUT2D eigenvalue weighted by Gasteiger charge is 2.26. The standard InChI is InChI=1S/C20H25ClN4O4/c1-12(2)9-16(22-19(27)14-5-7-15(21)8-6-14)20(28)25(4)11-18(26)23-17-10-13(3)29-24-17/h5-8,10,12,16H,9,11H2,1-4H3,(H,22,27)(H,23,24,26). The molecule has 0 bridgehead atoms. The molecule has 2 N–H and O–H groups in total. The number of hydrogen-bond acceptors (Lipinski definition) is 5. The molecule has 1 atom stereocenters. The molecule has 0 aliphatic rings. The first-order chi connectivity index (χ1) is 13.7. The molecule has 1 aromatic carbocycles. The summed E-state index contributed by atoms with van der Waals surface area (Å²) in [5.74, 6) is -0.143. The molecule has 156 valence electrons. The number of halogens is 1. The molecule has 2 aromatic rings. The number of rotatable bonds is 8. The number of amides is 3. The number of aromatic nitrogens is 1. The molecule has 9 heteroatoms. The zero-order chi connectivity index (χ0) is 21.6. The van der Waals surface area contributed by atoms with Gasteiger partial charge in [0.15, 0.2) is 5.82 Å². The number of aryl methyl sites for hydroxylation is 1. The molecular weight excluding hydrogens is 396 g/mol. The third kappa shape index (κ3) is 6.90. The Morgan fingerprint density at radius 1 is 1.21 bits per heavy atom. The average Bonchev–Trinajstić information content (AvgIpc) is 3.05. The van der Waals surface area contributed by atoms with E-state index in [-0.39, 0.29) is 30.1 Å². The van der Waals surface area contributed by atoms with Crippen molar-refractivity contribution < 1.29 is 18.9 Å². The van der Waals surface area contributed by atoms with Crippen molar-refractivity contribution in [2.45, 2.75) is 33.2 Å². The Hall–Kier alpha value is -2.87. The first kappa shape index (κ1) is 22.4. The van der Waals surface area contributed by atoms with Crippen molar-refractivity contribution in [2.24, 2.45) is 5.92 Å². The largest absolute Gasteiger partial charge is 0.360 e. The molecular formula is C20H25ClN4O4. The Bertz CT molecular complexity index is 864. The Balaban J connectivity index is 2.01. The highest BCUT2D eigenvalue weighted by molar-refractivity contribution is 6.30. The fourth-order valence-corrected chi connectivity index (χ4v) is 2.83. The fourth-order valence-electron chi connectivity index (χ4n) is 2.70. The average molecular weight is 421 g/mol. The minimum absolute atomic E-state index is 0.162. The van der Waals surface area contributed by atoms with Gasteiger partial charge in [0, 0.05) is 23.7 Å². The summed E-state index contributed by atoms with van der Waals surface area (Å²) in [6.45, 7) is 5.43. The fraction of sp³-hybridized carbons (Fsp3) is 0.400. The molecule has 8 nitrogen and oxygen atoms in total. The lowest BCUT2D eigenvalue weighted by atomic mass is 10.0. The van der Waals surface area contributed by atoms with E-state index in [1.165, 1.54) is 11.9 Å². The van der Waals surface area contributed by atoms with Crippen LogP contribution in [-0.4, -0.2) is 47.4 Å². The van der Waals surface area contributed by atoms with Crippen LogP contribution in [0.1, 0.15) is 36.4 Å². The molecule has 3 amide bonds. The molecule has 0 radical (unpaired) electrons. The van der Waals surface area contributed by atoms with Gasteiger partial charge >= 0.3 is 0 Å². The van der Waals surface area contributed by atoms with E-state index in [1.54, 1.807) is 37.3 Å². The normalized spacial score (nSPS) is 11.8. The number of likely N-dealkylation sites (N-methyl/N-ethyl adjacent to an activating group) is 1. The smallest absolute Gasteiger partial charge is 0.251 e. The van der Waals surface area contributed by atoms with E-state index in [0.717, 1.165) is 0 Å². The first-order valence-electron chi connectivity index (χ1n) is 9.20. The number of carbonyl (C=O) groups excluding carboxylic acids is 3. The van der Waals surface area contributed by atoms with Crippen LogP contribution in [-0.2, 0) is 9.59 Å². The predicted octanol–water partition coefficient (Wildman–Crippen LogP) is 2.88. The van der Waals surface area contributed by atoms with Crippen LogP contribution in [0.4, 0.5) is 5.82 Å². The summed E-state index contributed by atoms with van der Waals surface area (Å²) in [6.07, 6.45) is 0.437. The molecule has 1 aromatic heterocycles. The van der Waals surface area contributed by atoms with Gasteiger partial charge in [0.2, 0.25) is 11.8 Å². The van der Waals surface area contributed by atoms with Crippen LogP contribution >= 0.6 is 11.6 Å². The number of nitrogens with zero attached hydrogens (tertiary/aromatic N) is 2. The SMILES string of the molecule is Cc1cc(NC(=O)CN(C)C(=O)C(CC(C)C)NC(=O)c2ccc(Cl)cc2)no1. The summed E-state index contributed by atoms with van der Waals surface area (Å²) < 4.78 is 4.89. The van der Waals surface area contributed by atoms with Crippen LogP contribution < -0.4 is 10.6 Å². The minimum atomic E-state index is -0.759. The van der Waals surface area contributed by atoms with E-state index in [4.69, 9.17) is 16.1 Å². The van der Waals surface area contributed by atoms with E-state index in [9.17, 15) is 14.4 Å². The van der Waals surface area contributed by atoms with Gasteiger partial charge in [-0.25, -0.2) is 0 Å². The van der Waals surface area contributed by atoms with Gasteiger partial charge in [0.05, 0.1) is 6.54 Å².